The molecule has 228 valence electrons. The molecule has 0 saturated carbocycles. The molecule has 48 heavy (non-hydrogen) atoms. The van der Waals surface area contributed by atoms with Gasteiger partial charge >= 0.3 is 11.5 Å². The van der Waals surface area contributed by atoms with Gasteiger partial charge in [-0.25, -0.2) is 0 Å². The van der Waals surface area contributed by atoms with Crippen LogP contribution >= 0.6 is 0 Å². The minimum Gasteiger partial charge on any atom is -0.507 e. The zero-order chi connectivity index (χ0) is 31.9. The average molecular weight is 622 g/mol. The Morgan fingerprint density at radius 3 is 1.46 bits per heavy atom. The molecular formula is C43H27NO4. The quantitative estimate of drug-likeness (QED) is 0.200. The second kappa shape index (κ2) is 9.84. The van der Waals surface area contributed by atoms with E-state index in [0.717, 1.165) is 48.8 Å². The first-order chi connectivity index (χ1) is 23.7. The van der Waals surface area contributed by atoms with Gasteiger partial charge in [-0.05, 0) is 39.1 Å². The van der Waals surface area contributed by atoms with Crippen molar-refractivity contribution in [1.29, 1.82) is 0 Å². The molecule has 0 bridgehead atoms. The molecule has 2 atom stereocenters. The van der Waals surface area contributed by atoms with Crippen molar-refractivity contribution in [1.82, 2.24) is 0 Å². The summed E-state index contributed by atoms with van der Waals surface area (Å²) in [5.41, 5.74) is 0.311. The zero-order valence-electron chi connectivity index (χ0n) is 25.6. The van der Waals surface area contributed by atoms with Gasteiger partial charge in [-0.2, -0.15) is 4.99 Å². The second-order valence-electron chi connectivity index (χ2n) is 12.3. The number of fused-ring (bicyclic) bond motifs is 10. The lowest BCUT2D eigenvalue weighted by Crippen LogP contribution is -2.56. The van der Waals surface area contributed by atoms with E-state index in [0.29, 0.717) is 28.3 Å². The molecule has 0 fully saturated rings. The molecule has 10 rings (SSSR count). The van der Waals surface area contributed by atoms with Crippen LogP contribution in [-0.4, -0.2) is 11.0 Å². The van der Waals surface area contributed by atoms with Crippen molar-refractivity contribution in [2.75, 3.05) is 0 Å². The number of aromatic hydroxyl groups is 1. The van der Waals surface area contributed by atoms with Crippen LogP contribution in [0.2, 0.25) is 0 Å². The summed E-state index contributed by atoms with van der Waals surface area (Å²) in [4.78, 5) is 5.38. The van der Waals surface area contributed by atoms with Gasteiger partial charge < -0.3 is 19.3 Å². The van der Waals surface area contributed by atoms with Crippen LogP contribution in [0.25, 0.3) is 43.1 Å². The monoisotopic (exact) mass is 621 g/mol. The van der Waals surface area contributed by atoms with Gasteiger partial charge in [-0.1, -0.05) is 146 Å². The minimum absolute atomic E-state index is 0.0475. The van der Waals surface area contributed by atoms with Crippen molar-refractivity contribution in [3.05, 3.63) is 174 Å². The number of ether oxygens (including phenoxy) is 3. The SMILES string of the molecule is Oc1c([C@@]23OC(c4ccccc4)=N[C@]2(c2ccccc2)Oc2c(c4ccccc4c4ccccc24)O3)c2ccccc2c2ccccc12. The fraction of sp³-hybridized carbons (Fsp3) is 0.0465. The standard InChI is InChI=1S/C43H27NO4/c45-38-34-24-12-8-20-30(34)29-19-7-11-23-33(29)37(38)43-42(28-17-5-2-6-18-28,44-41(48-43)27-15-3-1-4-16-27)46-39-35-25-13-9-21-31(35)32-22-10-14-26-36(32)40(39)47-43/h1-26,45H/t42-,43-/m1/s1. The summed E-state index contributed by atoms with van der Waals surface area (Å²) in [6.45, 7) is 0. The van der Waals surface area contributed by atoms with Crippen LogP contribution in [0.4, 0.5) is 0 Å². The van der Waals surface area contributed by atoms with Gasteiger partial charge in [0.05, 0.1) is 5.56 Å². The summed E-state index contributed by atoms with van der Waals surface area (Å²) >= 11 is 0. The lowest BCUT2D eigenvalue weighted by atomic mass is 9.82. The molecule has 8 aromatic carbocycles. The van der Waals surface area contributed by atoms with E-state index in [1.807, 2.05) is 133 Å². The van der Waals surface area contributed by atoms with E-state index in [9.17, 15) is 5.11 Å². The smallest absolute Gasteiger partial charge is 0.351 e. The third kappa shape index (κ3) is 3.47. The highest BCUT2D eigenvalue weighted by molar-refractivity contribution is 6.15. The Hall–Kier alpha value is -6.33. The van der Waals surface area contributed by atoms with Gasteiger partial charge in [-0.3, -0.25) is 0 Å². The number of phenols is 1. The molecule has 5 nitrogen and oxygen atoms in total. The normalized spacial score (nSPS) is 19.7. The first kappa shape index (κ1) is 26.8. The molecular weight excluding hydrogens is 594 g/mol. The van der Waals surface area contributed by atoms with Gasteiger partial charge in [0.25, 0.3) is 0 Å². The van der Waals surface area contributed by atoms with Crippen molar-refractivity contribution in [2.45, 2.75) is 11.5 Å². The second-order valence-corrected chi connectivity index (χ2v) is 12.3. The first-order valence-electron chi connectivity index (χ1n) is 16.0. The Bertz CT molecular complexity index is 2620. The van der Waals surface area contributed by atoms with Gasteiger partial charge in [0, 0.05) is 27.3 Å². The molecule has 0 aliphatic carbocycles. The van der Waals surface area contributed by atoms with Crippen LogP contribution in [0.15, 0.2) is 163 Å². The molecule has 0 aromatic heterocycles. The third-order valence-electron chi connectivity index (χ3n) is 9.70. The molecule has 8 aromatic rings. The largest absolute Gasteiger partial charge is 0.507 e. The van der Waals surface area contributed by atoms with Gasteiger partial charge in [-0.15, -0.1) is 0 Å². The Morgan fingerprint density at radius 2 is 0.854 bits per heavy atom. The summed E-state index contributed by atoms with van der Waals surface area (Å²) in [6.07, 6.45) is 0. The molecule has 0 unspecified atom stereocenters. The Morgan fingerprint density at radius 1 is 0.417 bits per heavy atom. The van der Waals surface area contributed by atoms with E-state index in [-0.39, 0.29) is 5.75 Å². The number of hydrogen-bond acceptors (Lipinski definition) is 5. The number of hydrogen-bond donors (Lipinski definition) is 1. The molecule has 2 aliphatic heterocycles. The molecule has 0 saturated heterocycles. The molecule has 2 aliphatic rings. The lowest BCUT2D eigenvalue weighted by molar-refractivity contribution is -0.245. The summed E-state index contributed by atoms with van der Waals surface area (Å²) in [5.74, 6) is -0.318. The maximum Gasteiger partial charge on any atom is 0.351 e. The summed E-state index contributed by atoms with van der Waals surface area (Å²) in [6, 6.07) is 51.9. The van der Waals surface area contributed by atoms with Crippen molar-refractivity contribution in [2.24, 2.45) is 4.99 Å². The van der Waals surface area contributed by atoms with Crippen molar-refractivity contribution in [3.8, 4) is 17.2 Å². The maximum atomic E-state index is 12.5. The Balaban J connectivity index is 1.41. The topological polar surface area (TPSA) is 60.3 Å². The van der Waals surface area contributed by atoms with Crippen LogP contribution in [0.1, 0.15) is 16.7 Å². The van der Waals surface area contributed by atoms with Crippen molar-refractivity contribution < 1.29 is 19.3 Å². The molecule has 0 amide bonds. The fourth-order valence-electron chi connectivity index (χ4n) is 7.60. The highest BCUT2D eigenvalue weighted by Gasteiger charge is 2.70. The molecule has 2 heterocycles. The van der Waals surface area contributed by atoms with E-state index in [1.165, 1.54) is 0 Å². The number of benzene rings is 8. The highest BCUT2D eigenvalue weighted by atomic mass is 16.8. The van der Waals surface area contributed by atoms with E-state index in [1.54, 1.807) is 0 Å². The highest BCUT2D eigenvalue weighted by Crippen LogP contribution is 2.63. The van der Waals surface area contributed by atoms with Crippen LogP contribution in [0.3, 0.4) is 0 Å². The molecule has 0 radical (unpaired) electrons. The molecule has 0 spiro atoms. The average Bonchev–Trinajstić information content (AvgIpc) is 3.51. The fourth-order valence-corrected chi connectivity index (χ4v) is 7.60. The van der Waals surface area contributed by atoms with Crippen molar-refractivity contribution >= 4 is 49.0 Å². The van der Waals surface area contributed by atoms with Crippen LogP contribution in [-0.2, 0) is 16.2 Å². The van der Waals surface area contributed by atoms with Crippen LogP contribution in [0.5, 0.6) is 17.2 Å². The summed E-state index contributed by atoms with van der Waals surface area (Å²) in [5, 5.41) is 19.7. The molecule has 1 N–H and O–H groups in total. The number of phenolic OH excluding ortho intramolecular Hbond substituents is 1. The minimum atomic E-state index is -1.80. The van der Waals surface area contributed by atoms with E-state index >= 15 is 0 Å². The maximum absolute atomic E-state index is 12.5. The molecule has 5 heteroatoms. The lowest BCUT2D eigenvalue weighted by Gasteiger charge is -2.46. The predicted octanol–water partition coefficient (Wildman–Crippen LogP) is 9.96. The van der Waals surface area contributed by atoms with E-state index in [2.05, 4.69) is 24.3 Å². The van der Waals surface area contributed by atoms with E-state index in [4.69, 9.17) is 19.2 Å². The van der Waals surface area contributed by atoms with E-state index < -0.39 is 11.5 Å². The number of nitrogens with zero attached hydrogens (tertiary/aromatic N) is 1. The zero-order valence-corrected chi connectivity index (χ0v) is 25.6. The summed E-state index contributed by atoms with van der Waals surface area (Å²) < 4.78 is 22.1. The van der Waals surface area contributed by atoms with Gasteiger partial charge in [0.15, 0.2) is 11.5 Å². The number of rotatable bonds is 3. The van der Waals surface area contributed by atoms with Crippen molar-refractivity contribution in [3.63, 3.8) is 0 Å². The summed E-state index contributed by atoms with van der Waals surface area (Å²) in [7, 11) is 0. The Kier molecular flexibility index (Phi) is 5.50. The Labute approximate surface area is 275 Å². The predicted molar refractivity (Wildman–Crippen MR) is 190 cm³/mol. The van der Waals surface area contributed by atoms with Crippen LogP contribution < -0.4 is 9.47 Å². The van der Waals surface area contributed by atoms with Gasteiger partial charge in [0.1, 0.15) is 5.75 Å². The first-order valence-corrected chi connectivity index (χ1v) is 16.0. The third-order valence-corrected chi connectivity index (χ3v) is 9.70. The van der Waals surface area contributed by atoms with Gasteiger partial charge in [0.2, 0.25) is 5.90 Å². The number of aliphatic imine (C=N–C) groups is 1. The van der Waals surface area contributed by atoms with Crippen LogP contribution in [0, 0.1) is 0 Å².